The van der Waals surface area contributed by atoms with E-state index in [9.17, 15) is 8.42 Å². The van der Waals surface area contributed by atoms with Crippen LogP contribution in [0.5, 0.6) is 0 Å². The molecule has 0 bridgehead atoms. The normalized spacial score (nSPS) is 12.5. The van der Waals surface area contributed by atoms with E-state index in [0.717, 1.165) is 23.8 Å². The molecule has 1 N–H and O–H groups in total. The smallest absolute Gasteiger partial charge is 0.242 e. The zero-order valence-corrected chi connectivity index (χ0v) is 18.5. The van der Waals surface area contributed by atoms with Crippen LogP contribution >= 0.6 is 11.6 Å². The lowest BCUT2D eigenvalue weighted by Gasteiger charge is -2.22. The van der Waals surface area contributed by atoms with Gasteiger partial charge >= 0.3 is 0 Å². The summed E-state index contributed by atoms with van der Waals surface area (Å²) in [6.45, 7) is 3.87. The molecule has 0 aliphatic rings. The summed E-state index contributed by atoms with van der Waals surface area (Å²) in [5.74, 6) is 0.768. The molecule has 0 radical (unpaired) electrons. The van der Waals surface area contributed by atoms with Crippen molar-refractivity contribution in [2.45, 2.75) is 24.9 Å². The summed E-state index contributed by atoms with van der Waals surface area (Å²) in [6.07, 6.45) is 1.87. The van der Waals surface area contributed by atoms with Gasteiger partial charge in [-0.15, -0.1) is 0 Å². The largest absolute Gasteiger partial charge is 0.357 e. The highest BCUT2D eigenvalue weighted by Gasteiger charge is 2.16. The van der Waals surface area contributed by atoms with E-state index in [4.69, 9.17) is 11.6 Å². The lowest BCUT2D eigenvalue weighted by Crippen LogP contribution is -2.38. The molecule has 2 aromatic rings. The van der Waals surface area contributed by atoms with Crippen molar-refractivity contribution >= 4 is 27.6 Å². The number of rotatable bonds is 7. The Labute approximate surface area is 172 Å². The highest BCUT2D eigenvalue weighted by atomic mass is 35.5. The van der Waals surface area contributed by atoms with E-state index in [1.807, 2.05) is 42.7 Å². The molecule has 9 heteroatoms. The lowest BCUT2D eigenvalue weighted by molar-refractivity contribution is 0.462. The van der Waals surface area contributed by atoms with Gasteiger partial charge in [0, 0.05) is 46.6 Å². The predicted molar refractivity (Wildman–Crippen MR) is 114 cm³/mol. The second-order valence-electron chi connectivity index (χ2n) is 6.72. The van der Waals surface area contributed by atoms with E-state index in [-0.39, 0.29) is 4.90 Å². The SMILES string of the molecule is CCNC(=NCc1ccc(S(=O)(=O)N(C)C)cc1)N(C)Cc1cc(Cl)cn1C. The first-order valence-corrected chi connectivity index (χ1v) is 10.8. The van der Waals surface area contributed by atoms with Gasteiger partial charge in [0.1, 0.15) is 0 Å². The summed E-state index contributed by atoms with van der Waals surface area (Å²) in [6, 6.07) is 8.75. The molecule has 0 atom stereocenters. The number of aliphatic imine (C=N–C) groups is 1. The van der Waals surface area contributed by atoms with E-state index in [1.165, 1.54) is 18.4 Å². The first kappa shape index (κ1) is 22.3. The average Bonchev–Trinajstić information content (AvgIpc) is 2.95. The Hall–Kier alpha value is -2.03. The standard InChI is InChI=1S/C19H28ClN5O2S/c1-6-21-19(25(5)14-17-11-16(20)13-24(17)4)22-12-15-7-9-18(10-8-15)28(26,27)23(2)3/h7-11,13H,6,12,14H2,1-5H3,(H,21,22). The molecule has 0 saturated carbocycles. The fourth-order valence-corrected chi connectivity index (χ4v) is 3.83. The molecule has 28 heavy (non-hydrogen) atoms. The first-order chi connectivity index (χ1) is 13.1. The third kappa shape index (κ3) is 5.50. The zero-order valence-electron chi connectivity index (χ0n) is 17.0. The molecule has 0 aliphatic carbocycles. The van der Waals surface area contributed by atoms with Gasteiger partial charge in [0.2, 0.25) is 10.0 Å². The number of hydrogen-bond acceptors (Lipinski definition) is 3. The number of nitrogens with zero attached hydrogens (tertiary/aromatic N) is 4. The van der Waals surface area contributed by atoms with Gasteiger partial charge in [0.25, 0.3) is 0 Å². The molecule has 7 nitrogen and oxygen atoms in total. The van der Waals surface area contributed by atoms with Crippen LogP contribution in [0.1, 0.15) is 18.2 Å². The summed E-state index contributed by atoms with van der Waals surface area (Å²) in [5, 5.41) is 3.99. The fourth-order valence-electron chi connectivity index (χ4n) is 2.65. The third-order valence-corrected chi connectivity index (χ3v) is 6.32. The molecule has 0 spiro atoms. The summed E-state index contributed by atoms with van der Waals surface area (Å²) < 4.78 is 27.5. The molecule has 0 fully saturated rings. The van der Waals surface area contributed by atoms with Crippen molar-refractivity contribution in [3.05, 3.63) is 52.8 Å². The Bertz CT molecular complexity index is 920. The van der Waals surface area contributed by atoms with Crippen molar-refractivity contribution in [2.75, 3.05) is 27.7 Å². The maximum atomic E-state index is 12.2. The Morgan fingerprint density at radius 1 is 1.21 bits per heavy atom. The maximum Gasteiger partial charge on any atom is 0.242 e. The van der Waals surface area contributed by atoms with Gasteiger partial charge in [-0.2, -0.15) is 0 Å². The highest BCUT2D eigenvalue weighted by Crippen LogP contribution is 2.16. The molecule has 0 amide bonds. The van der Waals surface area contributed by atoms with Crippen molar-refractivity contribution in [1.29, 1.82) is 0 Å². The summed E-state index contributed by atoms with van der Waals surface area (Å²) in [5.41, 5.74) is 2.01. The number of aromatic nitrogens is 1. The Morgan fingerprint density at radius 3 is 2.36 bits per heavy atom. The minimum absolute atomic E-state index is 0.273. The number of hydrogen-bond donors (Lipinski definition) is 1. The predicted octanol–water partition coefficient (Wildman–Crippen LogP) is 2.53. The Morgan fingerprint density at radius 2 is 1.86 bits per heavy atom. The number of guanidine groups is 1. The van der Waals surface area contributed by atoms with Crippen LogP contribution in [0.3, 0.4) is 0 Å². The van der Waals surface area contributed by atoms with Gasteiger partial charge in [-0.1, -0.05) is 23.7 Å². The quantitative estimate of drug-likeness (QED) is 0.546. The van der Waals surface area contributed by atoms with E-state index < -0.39 is 10.0 Å². The maximum absolute atomic E-state index is 12.2. The second-order valence-corrected chi connectivity index (χ2v) is 9.31. The van der Waals surface area contributed by atoms with Crippen LogP contribution in [0.25, 0.3) is 0 Å². The van der Waals surface area contributed by atoms with Crippen molar-refractivity contribution in [1.82, 2.24) is 19.1 Å². The molecule has 0 unspecified atom stereocenters. The molecule has 0 saturated heterocycles. The number of aryl methyl sites for hydroxylation is 1. The molecule has 154 valence electrons. The van der Waals surface area contributed by atoms with Crippen LogP contribution in [0, 0.1) is 0 Å². The minimum Gasteiger partial charge on any atom is -0.357 e. The van der Waals surface area contributed by atoms with E-state index in [2.05, 4.69) is 10.3 Å². The monoisotopic (exact) mass is 425 g/mol. The number of halogens is 1. The van der Waals surface area contributed by atoms with Gasteiger partial charge in [0.05, 0.1) is 23.0 Å². The van der Waals surface area contributed by atoms with E-state index >= 15 is 0 Å². The second kappa shape index (κ2) is 9.45. The minimum atomic E-state index is -3.42. The third-order valence-electron chi connectivity index (χ3n) is 4.28. The summed E-state index contributed by atoms with van der Waals surface area (Å²) in [7, 11) is 3.55. The van der Waals surface area contributed by atoms with Gasteiger partial charge in [-0.25, -0.2) is 17.7 Å². The van der Waals surface area contributed by atoms with Crippen molar-refractivity contribution in [3.8, 4) is 0 Å². The molecule has 1 heterocycles. The number of nitrogens with one attached hydrogen (secondary N) is 1. The molecular weight excluding hydrogens is 398 g/mol. The zero-order chi connectivity index (χ0) is 20.9. The van der Waals surface area contributed by atoms with Gasteiger partial charge in [-0.05, 0) is 30.7 Å². The fraction of sp³-hybridized carbons (Fsp3) is 0.421. The van der Waals surface area contributed by atoms with Crippen LogP contribution in [0.4, 0.5) is 0 Å². The molecule has 2 rings (SSSR count). The van der Waals surface area contributed by atoms with Gasteiger partial charge in [0.15, 0.2) is 5.96 Å². The van der Waals surface area contributed by atoms with Crippen LogP contribution in [-0.2, 0) is 30.2 Å². The molecule has 1 aromatic carbocycles. The molecule has 0 aliphatic heterocycles. The number of benzene rings is 1. The van der Waals surface area contributed by atoms with Crippen LogP contribution in [0.2, 0.25) is 5.02 Å². The van der Waals surface area contributed by atoms with Gasteiger partial charge < -0.3 is 14.8 Å². The lowest BCUT2D eigenvalue weighted by atomic mass is 10.2. The topological polar surface area (TPSA) is 69.9 Å². The van der Waals surface area contributed by atoms with Crippen molar-refractivity contribution in [3.63, 3.8) is 0 Å². The Kier molecular flexibility index (Phi) is 7.51. The van der Waals surface area contributed by atoms with Crippen molar-refractivity contribution < 1.29 is 8.42 Å². The van der Waals surface area contributed by atoms with Crippen LogP contribution in [0.15, 0.2) is 46.4 Å². The summed E-state index contributed by atoms with van der Waals surface area (Å²) in [4.78, 5) is 6.97. The van der Waals surface area contributed by atoms with Crippen molar-refractivity contribution in [2.24, 2.45) is 12.0 Å². The van der Waals surface area contributed by atoms with Crippen LogP contribution < -0.4 is 5.32 Å². The molecular formula is C19H28ClN5O2S. The highest BCUT2D eigenvalue weighted by molar-refractivity contribution is 7.89. The van der Waals surface area contributed by atoms with Crippen LogP contribution in [-0.4, -0.2) is 55.8 Å². The van der Waals surface area contributed by atoms with Gasteiger partial charge in [-0.3, -0.25) is 0 Å². The number of sulfonamides is 1. The average molecular weight is 426 g/mol. The van der Waals surface area contributed by atoms with E-state index in [0.29, 0.717) is 18.1 Å². The Balaban J connectivity index is 2.12. The summed E-state index contributed by atoms with van der Waals surface area (Å²) >= 11 is 6.06. The van der Waals surface area contributed by atoms with E-state index in [1.54, 1.807) is 24.3 Å². The molecule has 1 aromatic heterocycles. The first-order valence-electron chi connectivity index (χ1n) is 8.96.